The summed E-state index contributed by atoms with van der Waals surface area (Å²) in [7, 11) is -3.55. The van der Waals surface area contributed by atoms with Crippen LogP contribution in [0.25, 0.3) is 0 Å². The summed E-state index contributed by atoms with van der Waals surface area (Å²) in [5.74, 6) is 0.316. The normalized spacial score (nSPS) is 22.2. The van der Waals surface area contributed by atoms with Crippen molar-refractivity contribution in [2.75, 3.05) is 6.54 Å². The van der Waals surface area contributed by atoms with Gasteiger partial charge in [-0.15, -0.1) is 0 Å². The third-order valence-electron chi connectivity index (χ3n) is 7.56. The Balaban J connectivity index is 1.77. The van der Waals surface area contributed by atoms with Crippen LogP contribution in [0.2, 0.25) is 0 Å². The number of sulfone groups is 1. The Kier molecular flexibility index (Phi) is 6.04. The van der Waals surface area contributed by atoms with Gasteiger partial charge in [-0.25, -0.2) is 8.42 Å². The average Bonchev–Trinajstić information content (AvgIpc) is 2.95. The lowest BCUT2D eigenvalue weighted by Gasteiger charge is -2.40. The zero-order chi connectivity index (χ0) is 23.1. The Bertz CT molecular complexity index is 1110. The van der Waals surface area contributed by atoms with Gasteiger partial charge in [0.25, 0.3) is 0 Å². The fourth-order valence-electron chi connectivity index (χ4n) is 5.82. The van der Waals surface area contributed by atoms with Crippen LogP contribution in [0.1, 0.15) is 65.9 Å². The van der Waals surface area contributed by atoms with Crippen molar-refractivity contribution in [2.45, 2.75) is 82.1 Å². The van der Waals surface area contributed by atoms with Crippen LogP contribution in [0.4, 0.5) is 0 Å². The molecule has 0 N–H and O–H groups in total. The van der Waals surface area contributed by atoms with Crippen molar-refractivity contribution in [1.82, 2.24) is 4.90 Å². The Morgan fingerprint density at radius 3 is 2.31 bits per heavy atom. The lowest BCUT2D eigenvalue weighted by molar-refractivity contribution is 0.142. The Hall–Kier alpha value is -2.07. The van der Waals surface area contributed by atoms with Crippen LogP contribution in [-0.4, -0.2) is 25.4 Å². The highest BCUT2D eigenvalue weighted by molar-refractivity contribution is 7.91. The molecule has 1 atom stereocenters. The molecule has 2 aromatic rings. The smallest absolute Gasteiger partial charge is 0.206 e. The minimum absolute atomic E-state index is 0.0231. The lowest BCUT2D eigenvalue weighted by atomic mass is 9.70. The Morgan fingerprint density at radius 2 is 1.62 bits per heavy atom. The van der Waals surface area contributed by atoms with Crippen LogP contribution in [0.3, 0.4) is 0 Å². The fraction of sp³-hybridized carbons (Fsp3) is 0.500. The number of hydrogen-bond donors (Lipinski definition) is 0. The molecule has 3 nitrogen and oxygen atoms in total. The molecule has 32 heavy (non-hydrogen) atoms. The molecule has 4 rings (SSSR count). The summed E-state index contributed by atoms with van der Waals surface area (Å²) in [6.07, 6.45) is 5.32. The van der Waals surface area contributed by atoms with Crippen LogP contribution in [0, 0.1) is 11.3 Å². The van der Waals surface area contributed by atoms with Crippen molar-refractivity contribution < 1.29 is 8.42 Å². The van der Waals surface area contributed by atoms with Gasteiger partial charge in [0.05, 0.1) is 9.79 Å². The molecule has 0 saturated carbocycles. The molecule has 0 saturated heterocycles. The highest BCUT2D eigenvalue weighted by Gasteiger charge is 2.48. The predicted octanol–water partition coefficient (Wildman–Crippen LogP) is 6.65. The van der Waals surface area contributed by atoms with Gasteiger partial charge in [-0.2, -0.15) is 0 Å². The summed E-state index contributed by atoms with van der Waals surface area (Å²) in [6.45, 7) is 12.8. The highest BCUT2D eigenvalue weighted by Crippen LogP contribution is 2.53. The number of rotatable bonds is 6. The van der Waals surface area contributed by atoms with Gasteiger partial charge in [-0.3, -0.25) is 0 Å². The largest absolute Gasteiger partial charge is 0.369 e. The summed E-state index contributed by atoms with van der Waals surface area (Å²) in [5.41, 5.74) is 4.30. The maximum absolute atomic E-state index is 13.5. The van der Waals surface area contributed by atoms with Crippen molar-refractivity contribution in [3.8, 4) is 0 Å². The van der Waals surface area contributed by atoms with E-state index in [0.29, 0.717) is 21.1 Å². The number of benzene rings is 2. The molecular weight excluding hydrogens is 414 g/mol. The third kappa shape index (κ3) is 4.03. The fourth-order valence-corrected chi connectivity index (χ4v) is 7.34. The first-order valence-corrected chi connectivity index (χ1v) is 13.4. The Labute approximate surface area is 194 Å². The average molecular weight is 452 g/mol. The molecule has 0 fully saturated rings. The van der Waals surface area contributed by atoms with Gasteiger partial charge in [0.2, 0.25) is 9.84 Å². The first-order valence-electron chi connectivity index (χ1n) is 12.0. The van der Waals surface area contributed by atoms with Crippen molar-refractivity contribution in [3.05, 3.63) is 71.4 Å². The summed E-state index contributed by atoms with van der Waals surface area (Å²) in [5, 5.41) is 0. The second-order valence-corrected chi connectivity index (χ2v) is 12.7. The molecule has 1 aliphatic heterocycles. The second kappa shape index (κ2) is 8.37. The quantitative estimate of drug-likeness (QED) is 0.494. The van der Waals surface area contributed by atoms with Crippen LogP contribution in [0.15, 0.2) is 75.7 Å². The zero-order valence-corrected chi connectivity index (χ0v) is 21.0. The molecule has 1 heterocycles. The first-order chi connectivity index (χ1) is 15.1. The van der Waals surface area contributed by atoms with E-state index in [4.69, 9.17) is 0 Å². The molecule has 0 amide bonds. The predicted molar refractivity (Wildman–Crippen MR) is 131 cm³/mol. The van der Waals surface area contributed by atoms with E-state index in [1.165, 1.54) is 12.1 Å². The maximum atomic E-state index is 13.5. The summed E-state index contributed by atoms with van der Waals surface area (Å²) in [6, 6.07) is 16.4. The van der Waals surface area contributed by atoms with E-state index < -0.39 is 9.84 Å². The molecular formula is C28H37NO2S. The molecule has 2 aliphatic rings. The van der Waals surface area contributed by atoms with Crippen LogP contribution < -0.4 is 0 Å². The SMILES string of the molecule is CCCN1C2=C(CC(C)(C)CC2)C(Cc2ccccc2S(=O)(=O)c2ccccc2)C1(C)C. The number of nitrogens with zero attached hydrogens (tertiary/aromatic N) is 1. The highest BCUT2D eigenvalue weighted by atomic mass is 32.2. The summed E-state index contributed by atoms with van der Waals surface area (Å²) >= 11 is 0. The lowest BCUT2D eigenvalue weighted by Crippen LogP contribution is -2.44. The molecule has 2 aromatic carbocycles. The van der Waals surface area contributed by atoms with E-state index in [1.807, 2.05) is 24.3 Å². The van der Waals surface area contributed by atoms with Crippen LogP contribution in [-0.2, 0) is 16.3 Å². The van der Waals surface area contributed by atoms with E-state index >= 15 is 0 Å². The van der Waals surface area contributed by atoms with Gasteiger partial charge in [-0.1, -0.05) is 57.2 Å². The monoisotopic (exact) mass is 451 g/mol. The van der Waals surface area contributed by atoms with Gasteiger partial charge in [-0.05, 0) is 80.7 Å². The van der Waals surface area contributed by atoms with Crippen molar-refractivity contribution in [2.24, 2.45) is 11.3 Å². The summed E-state index contributed by atoms with van der Waals surface area (Å²) in [4.78, 5) is 3.45. The van der Waals surface area contributed by atoms with Crippen molar-refractivity contribution in [3.63, 3.8) is 0 Å². The number of hydrogen-bond acceptors (Lipinski definition) is 3. The maximum Gasteiger partial charge on any atom is 0.206 e. The third-order valence-corrected chi connectivity index (χ3v) is 9.43. The van der Waals surface area contributed by atoms with E-state index in [-0.39, 0.29) is 5.54 Å². The molecule has 1 aliphatic carbocycles. The van der Waals surface area contributed by atoms with E-state index in [1.54, 1.807) is 35.9 Å². The van der Waals surface area contributed by atoms with E-state index in [2.05, 4.69) is 39.5 Å². The van der Waals surface area contributed by atoms with Crippen LogP contribution >= 0.6 is 0 Å². The van der Waals surface area contributed by atoms with Crippen LogP contribution in [0.5, 0.6) is 0 Å². The standard InChI is InChI=1S/C28H37NO2S/c1-6-18-29-25-16-17-27(2,3)20-23(25)24(28(29,4)5)19-21-12-10-11-15-26(21)32(30,31)22-13-8-7-9-14-22/h7-15,24H,6,16-20H2,1-5H3. The zero-order valence-electron chi connectivity index (χ0n) is 20.2. The van der Waals surface area contributed by atoms with Gasteiger partial charge in [0, 0.05) is 23.7 Å². The molecule has 172 valence electrons. The van der Waals surface area contributed by atoms with Gasteiger partial charge >= 0.3 is 0 Å². The first kappa shape index (κ1) is 23.1. The van der Waals surface area contributed by atoms with Gasteiger partial charge in [0.1, 0.15) is 0 Å². The van der Waals surface area contributed by atoms with Gasteiger partial charge in [0.15, 0.2) is 0 Å². The molecule has 0 radical (unpaired) electrons. The molecule has 0 bridgehead atoms. The minimum atomic E-state index is -3.55. The molecule has 1 unspecified atom stereocenters. The topological polar surface area (TPSA) is 37.4 Å². The summed E-state index contributed by atoms with van der Waals surface area (Å²) < 4.78 is 27.0. The van der Waals surface area contributed by atoms with Crippen molar-refractivity contribution >= 4 is 9.84 Å². The van der Waals surface area contributed by atoms with E-state index in [0.717, 1.165) is 37.8 Å². The van der Waals surface area contributed by atoms with E-state index in [9.17, 15) is 8.42 Å². The minimum Gasteiger partial charge on any atom is -0.369 e. The van der Waals surface area contributed by atoms with Gasteiger partial charge < -0.3 is 4.90 Å². The second-order valence-electron chi connectivity index (χ2n) is 10.8. The number of allylic oxidation sites excluding steroid dienone is 1. The molecule has 0 aromatic heterocycles. The molecule has 0 spiro atoms. The molecule has 4 heteroatoms. The van der Waals surface area contributed by atoms with Crippen molar-refractivity contribution in [1.29, 1.82) is 0 Å². The Morgan fingerprint density at radius 1 is 0.969 bits per heavy atom.